The first kappa shape index (κ1) is 24.1. The zero-order valence-electron chi connectivity index (χ0n) is 18.6. The van der Waals surface area contributed by atoms with Crippen LogP contribution in [0.3, 0.4) is 0 Å². The molecule has 1 heterocycles. The van der Waals surface area contributed by atoms with Crippen LogP contribution in [0.2, 0.25) is 0 Å². The molecule has 0 fully saturated rings. The maximum Gasteiger partial charge on any atom is 0.343 e. The number of carbonyl (C=O) groups excluding carboxylic acids is 1. The number of nitrogens with one attached hydrogen (secondary N) is 1. The molecule has 0 aliphatic carbocycles. The van der Waals surface area contributed by atoms with Crippen LogP contribution in [-0.2, 0) is 24.2 Å². The maximum atomic E-state index is 12.1. The Labute approximate surface area is 182 Å². The highest BCUT2D eigenvalue weighted by molar-refractivity contribution is 5.61. The first-order chi connectivity index (χ1) is 14.8. The predicted octanol–water partition coefficient (Wildman–Crippen LogP) is 3.07. The van der Waals surface area contributed by atoms with Crippen molar-refractivity contribution in [1.29, 1.82) is 0 Å². The van der Waals surface area contributed by atoms with E-state index >= 15 is 0 Å². The third kappa shape index (κ3) is 7.53. The smallest absolute Gasteiger partial charge is 0.343 e. The molecule has 3 rings (SSSR count). The number of rotatable bonds is 9. The molecule has 7 nitrogen and oxygen atoms in total. The Morgan fingerprint density at radius 2 is 1.65 bits per heavy atom. The minimum absolute atomic E-state index is 0.181. The highest BCUT2D eigenvalue weighted by Crippen LogP contribution is 2.18. The van der Waals surface area contributed by atoms with Gasteiger partial charge in [-0.2, -0.15) is 5.10 Å². The first-order valence-electron chi connectivity index (χ1n) is 10.3. The number of hydrogen-bond donors (Lipinski definition) is 2. The van der Waals surface area contributed by atoms with E-state index in [1.54, 1.807) is 13.8 Å². The number of ether oxygens (including phenoxy) is 1. The monoisotopic (exact) mass is 425 g/mol. The van der Waals surface area contributed by atoms with Crippen molar-refractivity contribution in [1.82, 2.24) is 14.8 Å². The minimum Gasteiger partial charge on any atom is -0.480 e. The Balaban J connectivity index is 0.00000166. The molecule has 0 unspecified atom stereocenters. The van der Waals surface area contributed by atoms with Crippen LogP contribution < -0.4 is 10.4 Å². The van der Waals surface area contributed by atoms with Crippen LogP contribution in [0.5, 0.6) is 5.75 Å². The highest BCUT2D eigenvalue weighted by Gasteiger charge is 2.17. The van der Waals surface area contributed by atoms with E-state index in [0.29, 0.717) is 24.5 Å². The topological polar surface area (TPSA) is 97.2 Å². The fourth-order valence-corrected chi connectivity index (χ4v) is 3.00. The van der Waals surface area contributed by atoms with E-state index in [2.05, 4.69) is 10.1 Å². The van der Waals surface area contributed by atoms with E-state index < -0.39 is 5.60 Å². The Morgan fingerprint density at radius 1 is 1.03 bits per heavy atom. The molecule has 166 valence electrons. The Kier molecular flexibility index (Phi) is 8.75. The van der Waals surface area contributed by atoms with Crippen LogP contribution >= 0.6 is 0 Å². The SMILES string of the molecule is CO.Cc1ccc(Cn2nc(CCCc3ccc(OC(C)(C)C=O)cc3)[nH]c2=O)cc1. The minimum atomic E-state index is -0.829. The van der Waals surface area contributed by atoms with Crippen LogP contribution in [0.15, 0.2) is 53.3 Å². The van der Waals surface area contributed by atoms with Gasteiger partial charge >= 0.3 is 5.69 Å². The second-order valence-corrected chi connectivity index (χ2v) is 7.84. The van der Waals surface area contributed by atoms with Gasteiger partial charge in [0.15, 0.2) is 11.9 Å². The van der Waals surface area contributed by atoms with Crippen molar-refractivity contribution in [2.45, 2.75) is 52.2 Å². The first-order valence-corrected chi connectivity index (χ1v) is 10.3. The van der Waals surface area contributed by atoms with Gasteiger partial charge in [0.2, 0.25) is 0 Å². The molecule has 7 heteroatoms. The lowest BCUT2D eigenvalue weighted by Crippen LogP contribution is -2.29. The van der Waals surface area contributed by atoms with E-state index in [1.807, 2.05) is 55.5 Å². The number of hydrogen-bond acceptors (Lipinski definition) is 5. The maximum absolute atomic E-state index is 12.1. The molecule has 0 saturated heterocycles. The predicted molar refractivity (Wildman–Crippen MR) is 121 cm³/mol. The third-order valence-corrected chi connectivity index (χ3v) is 4.65. The van der Waals surface area contributed by atoms with Crippen molar-refractivity contribution < 1.29 is 14.6 Å². The number of carbonyl (C=O) groups is 1. The van der Waals surface area contributed by atoms with E-state index in [1.165, 1.54) is 15.8 Å². The summed E-state index contributed by atoms with van der Waals surface area (Å²) in [6.45, 7) is 5.96. The summed E-state index contributed by atoms with van der Waals surface area (Å²) in [6, 6.07) is 15.8. The van der Waals surface area contributed by atoms with Gasteiger partial charge in [0.25, 0.3) is 0 Å². The van der Waals surface area contributed by atoms with Gasteiger partial charge in [0, 0.05) is 13.5 Å². The van der Waals surface area contributed by atoms with E-state index in [-0.39, 0.29) is 5.69 Å². The average Bonchev–Trinajstić information content (AvgIpc) is 3.11. The summed E-state index contributed by atoms with van der Waals surface area (Å²) in [6.07, 6.45) is 3.23. The summed E-state index contributed by atoms with van der Waals surface area (Å²) in [4.78, 5) is 25.9. The molecule has 0 spiro atoms. The Morgan fingerprint density at radius 3 is 2.26 bits per heavy atom. The van der Waals surface area contributed by atoms with Crippen LogP contribution in [0, 0.1) is 6.92 Å². The lowest BCUT2D eigenvalue weighted by Gasteiger charge is -2.19. The van der Waals surface area contributed by atoms with Gasteiger partial charge in [-0.15, -0.1) is 0 Å². The van der Waals surface area contributed by atoms with E-state index in [4.69, 9.17) is 9.84 Å². The summed E-state index contributed by atoms with van der Waals surface area (Å²) in [5.41, 5.74) is 2.40. The lowest BCUT2D eigenvalue weighted by molar-refractivity contribution is -0.118. The van der Waals surface area contributed by atoms with Crippen molar-refractivity contribution in [2.75, 3.05) is 7.11 Å². The van der Waals surface area contributed by atoms with E-state index in [0.717, 1.165) is 31.8 Å². The summed E-state index contributed by atoms with van der Waals surface area (Å²) in [5.74, 6) is 1.37. The molecule has 0 amide bonds. The van der Waals surface area contributed by atoms with E-state index in [9.17, 15) is 9.59 Å². The molecular formula is C24H31N3O4. The number of nitrogens with zero attached hydrogens (tertiary/aromatic N) is 2. The zero-order valence-corrected chi connectivity index (χ0v) is 18.6. The van der Waals surface area contributed by atoms with Crippen LogP contribution in [0.4, 0.5) is 0 Å². The number of H-pyrrole nitrogens is 1. The van der Waals surface area contributed by atoms with Gasteiger partial charge < -0.3 is 9.84 Å². The number of aldehydes is 1. The average molecular weight is 426 g/mol. The lowest BCUT2D eigenvalue weighted by atomic mass is 10.1. The van der Waals surface area contributed by atoms with Crippen molar-refractivity contribution in [3.05, 3.63) is 81.5 Å². The van der Waals surface area contributed by atoms with Gasteiger partial charge in [-0.3, -0.25) is 9.78 Å². The molecule has 0 aliphatic heterocycles. The molecule has 0 atom stereocenters. The van der Waals surface area contributed by atoms with Gasteiger partial charge in [-0.25, -0.2) is 9.48 Å². The number of benzene rings is 2. The summed E-state index contributed by atoms with van der Waals surface area (Å²) in [7, 11) is 1.00. The van der Waals surface area contributed by atoms with Gasteiger partial charge in [-0.05, 0) is 56.9 Å². The fourth-order valence-electron chi connectivity index (χ4n) is 3.00. The quantitative estimate of drug-likeness (QED) is 0.514. The number of aromatic amines is 1. The molecule has 3 aromatic rings. The standard InChI is InChI=1S/C23H27N3O3.CH4O/c1-17-7-9-19(10-8-17)15-26-22(28)24-21(25-26)6-4-5-18-11-13-20(14-12-18)29-23(2,3)16-27;1-2/h7-14,16H,4-6,15H2,1-3H3,(H,24,25,28);2H,1H3. The van der Waals surface area contributed by atoms with Crippen molar-refractivity contribution in [3.63, 3.8) is 0 Å². The zero-order chi connectivity index (χ0) is 22.9. The molecule has 0 radical (unpaired) electrons. The van der Waals surface area contributed by atoms with Gasteiger partial charge in [-0.1, -0.05) is 42.0 Å². The van der Waals surface area contributed by atoms with Crippen molar-refractivity contribution in [3.8, 4) is 5.75 Å². The number of aromatic nitrogens is 3. The number of aryl methyl sites for hydroxylation is 3. The van der Waals surface area contributed by atoms with Gasteiger partial charge in [0.1, 0.15) is 11.6 Å². The van der Waals surface area contributed by atoms with Crippen LogP contribution in [0.25, 0.3) is 0 Å². The molecule has 2 aromatic carbocycles. The number of aliphatic hydroxyl groups is 1. The fraction of sp³-hybridized carbons (Fsp3) is 0.375. The summed E-state index contributed by atoms with van der Waals surface area (Å²) in [5, 5.41) is 11.4. The van der Waals surface area contributed by atoms with Crippen molar-refractivity contribution in [2.24, 2.45) is 0 Å². The molecule has 1 aromatic heterocycles. The molecule has 2 N–H and O–H groups in total. The highest BCUT2D eigenvalue weighted by atomic mass is 16.5. The normalized spacial score (nSPS) is 10.9. The van der Waals surface area contributed by atoms with Crippen LogP contribution in [0.1, 0.15) is 42.8 Å². The van der Waals surface area contributed by atoms with Gasteiger partial charge in [0.05, 0.1) is 6.54 Å². The largest absolute Gasteiger partial charge is 0.480 e. The molecule has 31 heavy (non-hydrogen) atoms. The second-order valence-electron chi connectivity index (χ2n) is 7.84. The summed E-state index contributed by atoms with van der Waals surface area (Å²) < 4.78 is 7.10. The second kappa shape index (κ2) is 11.3. The third-order valence-electron chi connectivity index (χ3n) is 4.65. The van der Waals surface area contributed by atoms with Crippen LogP contribution in [-0.4, -0.2) is 38.9 Å². The Hall–Kier alpha value is -3.19. The molecular weight excluding hydrogens is 394 g/mol. The molecule has 0 bridgehead atoms. The van der Waals surface area contributed by atoms with Crippen molar-refractivity contribution >= 4 is 6.29 Å². The summed E-state index contributed by atoms with van der Waals surface area (Å²) >= 11 is 0. The number of aliphatic hydroxyl groups excluding tert-OH is 1. The molecule has 0 saturated carbocycles. The molecule has 0 aliphatic rings. The Bertz CT molecular complexity index is 1000.